The molecular formula is C21H26N6O4. The van der Waals surface area contributed by atoms with E-state index >= 15 is 0 Å². The second-order valence-electron chi connectivity index (χ2n) is 8.20. The maximum absolute atomic E-state index is 12.8. The van der Waals surface area contributed by atoms with Crippen molar-refractivity contribution in [2.24, 2.45) is 5.92 Å². The van der Waals surface area contributed by atoms with Crippen LogP contribution in [0.4, 0.5) is 4.79 Å². The summed E-state index contributed by atoms with van der Waals surface area (Å²) in [5, 5.41) is 12.4. The van der Waals surface area contributed by atoms with Crippen LogP contribution in [0.3, 0.4) is 0 Å². The highest BCUT2D eigenvalue weighted by Crippen LogP contribution is 2.36. The average molecular weight is 426 g/mol. The van der Waals surface area contributed by atoms with Gasteiger partial charge in [-0.15, -0.1) is 0 Å². The Balaban J connectivity index is 1.32. The number of nitrogens with zero attached hydrogens (tertiary/aromatic N) is 3. The summed E-state index contributed by atoms with van der Waals surface area (Å²) in [5.41, 5.74) is -0.0386. The van der Waals surface area contributed by atoms with Crippen molar-refractivity contribution < 1.29 is 19.1 Å². The smallest absolute Gasteiger partial charge is 0.325 e. The van der Waals surface area contributed by atoms with Gasteiger partial charge in [-0.25, -0.2) is 9.78 Å². The molecule has 1 saturated heterocycles. The summed E-state index contributed by atoms with van der Waals surface area (Å²) in [5.74, 6) is 1.49. The van der Waals surface area contributed by atoms with Gasteiger partial charge in [0.05, 0.1) is 13.7 Å². The first-order valence-corrected chi connectivity index (χ1v) is 10.4. The highest BCUT2D eigenvalue weighted by Gasteiger charge is 2.52. The number of imide groups is 1. The number of H-pyrrole nitrogens is 1. The zero-order valence-corrected chi connectivity index (χ0v) is 17.6. The third-order valence-electron chi connectivity index (χ3n) is 6.01. The van der Waals surface area contributed by atoms with Crippen molar-refractivity contribution in [3.8, 4) is 17.1 Å². The Bertz CT molecular complexity index is 978. The minimum Gasteiger partial charge on any atom is -0.497 e. The number of ether oxygens (including phenoxy) is 1. The number of methoxy groups -OCH3 is 1. The summed E-state index contributed by atoms with van der Waals surface area (Å²) in [6, 6.07) is 6.79. The third kappa shape index (κ3) is 4.23. The van der Waals surface area contributed by atoms with Crippen molar-refractivity contribution in [3.63, 3.8) is 0 Å². The van der Waals surface area contributed by atoms with Crippen LogP contribution in [0.1, 0.15) is 38.4 Å². The molecule has 3 N–H and O–H groups in total. The molecule has 10 nitrogen and oxygen atoms in total. The molecule has 10 heteroatoms. The number of carbonyl (C=O) groups excluding carboxylic acids is 3. The molecule has 2 aromatic rings. The summed E-state index contributed by atoms with van der Waals surface area (Å²) >= 11 is 0. The van der Waals surface area contributed by atoms with E-state index in [1.807, 2.05) is 24.3 Å². The van der Waals surface area contributed by atoms with Gasteiger partial charge in [0.25, 0.3) is 5.91 Å². The van der Waals surface area contributed by atoms with E-state index in [0.717, 1.165) is 29.1 Å². The number of amides is 4. The fourth-order valence-electron chi connectivity index (χ4n) is 4.04. The Morgan fingerprint density at radius 2 is 1.97 bits per heavy atom. The predicted molar refractivity (Wildman–Crippen MR) is 111 cm³/mol. The number of urea groups is 1. The van der Waals surface area contributed by atoms with Gasteiger partial charge in [-0.3, -0.25) is 19.6 Å². The molecule has 2 fully saturated rings. The number of aromatic nitrogens is 3. The number of hydrogen-bond donors (Lipinski definition) is 3. The van der Waals surface area contributed by atoms with Gasteiger partial charge in [0.1, 0.15) is 23.7 Å². The van der Waals surface area contributed by atoms with E-state index in [4.69, 9.17) is 4.74 Å². The first-order chi connectivity index (χ1) is 14.9. The molecule has 0 unspecified atom stereocenters. The van der Waals surface area contributed by atoms with Crippen molar-refractivity contribution >= 4 is 17.8 Å². The lowest BCUT2D eigenvalue weighted by Gasteiger charge is -2.33. The molecule has 1 aromatic heterocycles. The Morgan fingerprint density at radius 3 is 2.65 bits per heavy atom. The Labute approximate surface area is 179 Å². The maximum Gasteiger partial charge on any atom is 0.325 e. The van der Waals surface area contributed by atoms with Gasteiger partial charge in [-0.1, -0.05) is 6.92 Å². The summed E-state index contributed by atoms with van der Waals surface area (Å²) in [7, 11) is 1.59. The van der Waals surface area contributed by atoms with E-state index in [1.165, 1.54) is 0 Å². The van der Waals surface area contributed by atoms with E-state index in [2.05, 4.69) is 32.7 Å². The van der Waals surface area contributed by atoms with Crippen LogP contribution in [-0.2, 0) is 16.1 Å². The molecule has 1 spiro atoms. The lowest BCUT2D eigenvalue weighted by Crippen LogP contribution is -2.49. The largest absolute Gasteiger partial charge is 0.497 e. The van der Waals surface area contributed by atoms with Crippen molar-refractivity contribution in [1.29, 1.82) is 0 Å². The molecule has 164 valence electrons. The van der Waals surface area contributed by atoms with E-state index < -0.39 is 17.5 Å². The first kappa shape index (κ1) is 20.8. The summed E-state index contributed by atoms with van der Waals surface area (Å²) in [6.07, 6.45) is 2.99. The van der Waals surface area contributed by atoms with Crippen LogP contribution < -0.4 is 15.4 Å². The number of hydrogen-bond acceptors (Lipinski definition) is 6. The molecule has 2 aliphatic rings. The molecule has 1 saturated carbocycles. The molecule has 31 heavy (non-hydrogen) atoms. The number of benzene rings is 1. The van der Waals surface area contributed by atoms with Crippen LogP contribution in [0.5, 0.6) is 5.75 Å². The molecule has 0 radical (unpaired) electrons. The minimum atomic E-state index is -0.845. The van der Waals surface area contributed by atoms with E-state index in [9.17, 15) is 14.4 Å². The molecule has 0 atom stereocenters. The molecule has 0 bridgehead atoms. The lowest BCUT2D eigenvalue weighted by molar-refractivity contribution is -0.136. The Morgan fingerprint density at radius 1 is 1.26 bits per heavy atom. The van der Waals surface area contributed by atoms with Gasteiger partial charge in [0, 0.05) is 5.56 Å². The lowest BCUT2D eigenvalue weighted by atomic mass is 9.77. The van der Waals surface area contributed by atoms with Crippen molar-refractivity contribution in [3.05, 3.63) is 30.1 Å². The number of aromatic amines is 1. The van der Waals surface area contributed by atoms with Crippen molar-refractivity contribution in [2.75, 3.05) is 13.7 Å². The van der Waals surface area contributed by atoms with Crippen LogP contribution in [0.15, 0.2) is 24.3 Å². The van der Waals surface area contributed by atoms with Crippen LogP contribution in [0.25, 0.3) is 11.4 Å². The van der Waals surface area contributed by atoms with Gasteiger partial charge in [-0.05, 0) is 55.9 Å². The third-order valence-corrected chi connectivity index (χ3v) is 6.01. The maximum atomic E-state index is 12.8. The molecule has 1 aromatic carbocycles. The number of rotatable bonds is 6. The molecule has 1 aliphatic heterocycles. The van der Waals surface area contributed by atoms with Gasteiger partial charge in [-0.2, -0.15) is 5.10 Å². The summed E-state index contributed by atoms with van der Waals surface area (Å²) in [6.45, 7) is 1.93. The second kappa shape index (κ2) is 8.37. The molecule has 4 rings (SSSR count). The first-order valence-electron chi connectivity index (χ1n) is 10.4. The minimum absolute atomic E-state index is 0.105. The van der Waals surface area contributed by atoms with Crippen LogP contribution in [0.2, 0.25) is 0 Å². The van der Waals surface area contributed by atoms with Gasteiger partial charge >= 0.3 is 6.03 Å². The van der Waals surface area contributed by atoms with Crippen molar-refractivity contribution in [1.82, 2.24) is 30.7 Å². The van der Waals surface area contributed by atoms with Gasteiger partial charge in [0.15, 0.2) is 5.82 Å². The van der Waals surface area contributed by atoms with Crippen LogP contribution in [0, 0.1) is 5.92 Å². The Hall–Kier alpha value is -3.43. The second-order valence-corrected chi connectivity index (χ2v) is 8.20. The predicted octanol–water partition coefficient (Wildman–Crippen LogP) is 1.60. The quantitative estimate of drug-likeness (QED) is 0.602. The average Bonchev–Trinajstić information content (AvgIpc) is 3.34. The SMILES string of the molecule is COc1ccc(-c2n[nH]c(CNC(=O)CN3C(=O)NC4(CCC(C)CC4)C3=O)n2)cc1. The van der Waals surface area contributed by atoms with Gasteiger partial charge in [0.2, 0.25) is 5.91 Å². The number of nitrogens with one attached hydrogen (secondary N) is 3. The highest BCUT2D eigenvalue weighted by molar-refractivity contribution is 6.09. The van der Waals surface area contributed by atoms with E-state index in [1.54, 1.807) is 7.11 Å². The fourth-order valence-corrected chi connectivity index (χ4v) is 4.04. The van der Waals surface area contributed by atoms with Crippen molar-refractivity contribution in [2.45, 2.75) is 44.7 Å². The standard InChI is InChI=1S/C21H26N6O4/c1-13-7-9-21(10-8-13)19(29)27(20(30)24-21)12-17(28)22-11-16-23-18(26-25-16)14-3-5-15(31-2)6-4-14/h3-6,13H,7-12H2,1-2H3,(H,22,28)(H,24,30)(H,23,25,26). The molecular weight excluding hydrogens is 400 g/mol. The monoisotopic (exact) mass is 426 g/mol. The zero-order valence-electron chi connectivity index (χ0n) is 17.6. The molecule has 2 heterocycles. The molecule has 4 amide bonds. The highest BCUT2D eigenvalue weighted by atomic mass is 16.5. The molecule has 1 aliphatic carbocycles. The zero-order chi connectivity index (χ0) is 22.0. The van der Waals surface area contributed by atoms with Gasteiger partial charge < -0.3 is 15.4 Å². The van der Waals surface area contributed by atoms with Crippen LogP contribution in [-0.4, -0.2) is 57.1 Å². The number of carbonyl (C=O) groups is 3. The topological polar surface area (TPSA) is 129 Å². The van der Waals surface area contributed by atoms with Crippen LogP contribution >= 0.6 is 0 Å². The Kier molecular flexibility index (Phi) is 5.62. The van der Waals surface area contributed by atoms with E-state index in [0.29, 0.717) is 30.4 Å². The fraction of sp³-hybridized carbons (Fsp3) is 0.476. The summed E-state index contributed by atoms with van der Waals surface area (Å²) in [4.78, 5) is 42.9. The van der Waals surface area contributed by atoms with E-state index in [-0.39, 0.29) is 19.0 Å². The summed E-state index contributed by atoms with van der Waals surface area (Å²) < 4.78 is 5.13. The normalized spacial score (nSPS) is 23.2.